The zero-order chi connectivity index (χ0) is 14.7. The lowest BCUT2D eigenvalue weighted by molar-refractivity contribution is 0.626. The molecule has 5 heteroatoms. The van der Waals surface area contributed by atoms with E-state index in [0.29, 0.717) is 6.54 Å². The lowest BCUT2D eigenvalue weighted by Crippen LogP contribution is -2.20. The smallest absolute Gasteiger partial charge is 0.150 e. The van der Waals surface area contributed by atoms with E-state index in [-0.39, 0.29) is 5.82 Å². The summed E-state index contributed by atoms with van der Waals surface area (Å²) in [6, 6.07) is 6.51. The average molecular weight is 276 g/mol. The minimum Gasteiger partial charge on any atom is -0.394 e. The highest BCUT2D eigenvalue weighted by molar-refractivity contribution is 5.66. The molecular weight excluding hydrogens is 255 g/mol. The number of hydrogen-bond donors (Lipinski definition) is 1. The zero-order valence-electron chi connectivity index (χ0n) is 12.2. The number of anilines is 2. The molecule has 0 aliphatic heterocycles. The van der Waals surface area contributed by atoms with Crippen LogP contribution in [0, 0.1) is 5.82 Å². The Kier molecular flexibility index (Phi) is 4.27. The van der Waals surface area contributed by atoms with E-state index in [2.05, 4.69) is 12.0 Å². The van der Waals surface area contributed by atoms with Gasteiger partial charge in [0.2, 0.25) is 0 Å². The number of halogens is 1. The second-order valence-electron chi connectivity index (χ2n) is 5.04. The van der Waals surface area contributed by atoms with Gasteiger partial charge in [0.15, 0.2) is 0 Å². The first-order chi connectivity index (χ1) is 9.52. The van der Waals surface area contributed by atoms with Gasteiger partial charge in [-0.1, -0.05) is 25.5 Å². The molecule has 0 saturated heterocycles. The summed E-state index contributed by atoms with van der Waals surface area (Å²) in [5.41, 5.74) is 8.89. The summed E-state index contributed by atoms with van der Waals surface area (Å²) >= 11 is 0. The number of aryl methyl sites for hydroxylation is 2. The summed E-state index contributed by atoms with van der Waals surface area (Å²) < 4.78 is 14.7. The summed E-state index contributed by atoms with van der Waals surface area (Å²) in [6.45, 7) is 2.77. The molecule has 0 aliphatic rings. The second kappa shape index (κ2) is 5.94. The van der Waals surface area contributed by atoms with E-state index in [1.165, 1.54) is 12.1 Å². The van der Waals surface area contributed by atoms with E-state index in [9.17, 15) is 4.39 Å². The molecule has 0 radical (unpaired) electrons. The quantitative estimate of drug-likeness (QED) is 0.913. The Balaban J connectivity index is 2.20. The fourth-order valence-corrected chi connectivity index (χ4v) is 2.40. The third kappa shape index (κ3) is 2.92. The largest absolute Gasteiger partial charge is 0.394 e. The summed E-state index contributed by atoms with van der Waals surface area (Å²) in [7, 11) is 3.86. The van der Waals surface area contributed by atoms with Crippen LogP contribution in [0.5, 0.6) is 0 Å². The molecule has 2 rings (SSSR count). The highest BCUT2D eigenvalue weighted by Crippen LogP contribution is 2.27. The maximum absolute atomic E-state index is 12.9. The van der Waals surface area contributed by atoms with Gasteiger partial charge in [0.25, 0.3) is 0 Å². The van der Waals surface area contributed by atoms with Crippen LogP contribution < -0.4 is 10.6 Å². The average Bonchev–Trinajstić information content (AvgIpc) is 2.68. The molecule has 0 unspecified atom stereocenters. The highest BCUT2D eigenvalue weighted by atomic mass is 19.1. The monoisotopic (exact) mass is 276 g/mol. The van der Waals surface area contributed by atoms with Crippen molar-refractivity contribution in [1.29, 1.82) is 0 Å². The molecule has 0 bridgehead atoms. The van der Waals surface area contributed by atoms with Crippen LogP contribution in [0.15, 0.2) is 24.3 Å². The molecule has 4 nitrogen and oxygen atoms in total. The van der Waals surface area contributed by atoms with Gasteiger partial charge >= 0.3 is 0 Å². The molecule has 0 amide bonds. The van der Waals surface area contributed by atoms with Crippen LogP contribution in [0.2, 0.25) is 0 Å². The van der Waals surface area contributed by atoms with Crippen molar-refractivity contribution in [3.63, 3.8) is 0 Å². The predicted molar refractivity (Wildman–Crippen MR) is 80.1 cm³/mol. The van der Waals surface area contributed by atoms with Crippen LogP contribution in [-0.4, -0.2) is 16.8 Å². The van der Waals surface area contributed by atoms with Crippen molar-refractivity contribution < 1.29 is 4.39 Å². The van der Waals surface area contributed by atoms with Crippen LogP contribution in [0.3, 0.4) is 0 Å². The number of nitrogen functional groups attached to an aromatic ring is 1. The van der Waals surface area contributed by atoms with Gasteiger partial charge in [0.05, 0.1) is 11.4 Å². The first kappa shape index (κ1) is 14.4. The van der Waals surface area contributed by atoms with Crippen LogP contribution in [0.1, 0.15) is 24.6 Å². The highest BCUT2D eigenvalue weighted by Gasteiger charge is 2.16. The van der Waals surface area contributed by atoms with Crippen LogP contribution >= 0.6 is 0 Å². The molecule has 108 valence electrons. The minimum absolute atomic E-state index is 0.221. The van der Waals surface area contributed by atoms with Crippen molar-refractivity contribution in [2.45, 2.75) is 26.3 Å². The number of nitrogens with zero attached hydrogens (tertiary/aromatic N) is 3. The number of aromatic nitrogens is 2. The van der Waals surface area contributed by atoms with Crippen LogP contribution in [-0.2, 0) is 20.0 Å². The SMILES string of the molecule is CCCc1nn(C)c(N(C)Cc2ccc(F)cc2)c1N. The number of rotatable bonds is 5. The second-order valence-corrected chi connectivity index (χ2v) is 5.04. The van der Waals surface area contributed by atoms with Crippen molar-refractivity contribution in [2.75, 3.05) is 17.7 Å². The van der Waals surface area contributed by atoms with E-state index in [1.807, 2.05) is 23.7 Å². The van der Waals surface area contributed by atoms with Gasteiger partial charge < -0.3 is 10.6 Å². The van der Waals surface area contributed by atoms with Gasteiger partial charge in [0, 0.05) is 20.6 Å². The Bertz CT molecular complexity index is 574. The maximum Gasteiger partial charge on any atom is 0.150 e. The standard InChI is InChI=1S/C15H21FN4/c1-4-5-13-14(17)15(20(3)18-13)19(2)10-11-6-8-12(16)9-7-11/h6-9H,4-5,10,17H2,1-3H3. The van der Waals surface area contributed by atoms with Crippen LogP contribution in [0.4, 0.5) is 15.9 Å². The van der Waals surface area contributed by atoms with Crippen LogP contribution in [0.25, 0.3) is 0 Å². The summed E-state index contributed by atoms with van der Waals surface area (Å²) in [5.74, 6) is 0.680. The molecule has 20 heavy (non-hydrogen) atoms. The van der Waals surface area contributed by atoms with E-state index in [4.69, 9.17) is 5.73 Å². The van der Waals surface area contributed by atoms with Crippen molar-refractivity contribution in [3.8, 4) is 0 Å². The van der Waals surface area contributed by atoms with Crippen molar-refractivity contribution in [1.82, 2.24) is 9.78 Å². The third-order valence-corrected chi connectivity index (χ3v) is 3.31. The lowest BCUT2D eigenvalue weighted by atomic mass is 10.2. The van der Waals surface area contributed by atoms with Gasteiger partial charge in [-0.25, -0.2) is 4.39 Å². The van der Waals surface area contributed by atoms with Gasteiger partial charge in [0.1, 0.15) is 11.6 Å². The van der Waals surface area contributed by atoms with Crippen molar-refractivity contribution >= 4 is 11.5 Å². The number of benzene rings is 1. The molecule has 0 aliphatic carbocycles. The Morgan fingerprint density at radius 1 is 1.30 bits per heavy atom. The Hall–Kier alpha value is -2.04. The van der Waals surface area contributed by atoms with E-state index < -0.39 is 0 Å². The normalized spacial score (nSPS) is 10.8. The Morgan fingerprint density at radius 3 is 2.55 bits per heavy atom. The molecule has 0 spiro atoms. The molecule has 1 heterocycles. The Morgan fingerprint density at radius 2 is 1.95 bits per heavy atom. The van der Waals surface area contributed by atoms with Crippen molar-refractivity contribution in [3.05, 3.63) is 41.3 Å². The van der Waals surface area contributed by atoms with E-state index in [0.717, 1.165) is 35.6 Å². The molecule has 0 atom stereocenters. The van der Waals surface area contributed by atoms with Gasteiger partial charge in [-0.3, -0.25) is 4.68 Å². The Labute approximate surface area is 119 Å². The minimum atomic E-state index is -0.221. The maximum atomic E-state index is 12.9. The summed E-state index contributed by atoms with van der Waals surface area (Å²) in [5, 5.41) is 4.47. The van der Waals surface area contributed by atoms with Crippen molar-refractivity contribution in [2.24, 2.45) is 7.05 Å². The number of nitrogens with two attached hydrogens (primary N) is 1. The summed E-state index contributed by atoms with van der Waals surface area (Å²) in [6.07, 6.45) is 1.90. The molecule has 1 aromatic carbocycles. The topological polar surface area (TPSA) is 47.1 Å². The molecule has 0 saturated carbocycles. The van der Waals surface area contributed by atoms with Gasteiger partial charge in [-0.15, -0.1) is 0 Å². The number of hydrogen-bond acceptors (Lipinski definition) is 3. The van der Waals surface area contributed by atoms with E-state index >= 15 is 0 Å². The van der Waals surface area contributed by atoms with E-state index in [1.54, 1.807) is 12.1 Å². The van der Waals surface area contributed by atoms with Gasteiger partial charge in [-0.2, -0.15) is 5.10 Å². The first-order valence-electron chi connectivity index (χ1n) is 6.79. The summed E-state index contributed by atoms with van der Waals surface area (Å²) in [4.78, 5) is 2.04. The molecule has 0 fully saturated rings. The molecule has 2 N–H and O–H groups in total. The molecule has 1 aromatic heterocycles. The zero-order valence-corrected chi connectivity index (χ0v) is 12.2. The fourth-order valence-electron chi connectivity index (χ4n) is 2.40. The molecular formula is C15H21FN4. The van der Waals surface area contributed by atoms with Gasteiger partial charge in [-0.05, 0) is 24.1 Å². The predicted octanol–water partition coefficient (Wildman–Crippen LogP) is 2.73. The first-order valence-corrected chi connectivity index (χ1v) is 6.79. The molecule has 2 aromatic rings. The fraction of sp³-hybridized carbons (Fsp3) is 0.400. The third-order valence-electron chi connectivity index (χ3n) is 3.31. The lowest BCUT2D eigenvalue weighted by Gasteiger charge is -2.20.